The van der Waals surface area contributed by atoms with E-state index in [0.717, 1.165) is 9.87 Å². The Hall–Kier alpha value is -3.07. The van der Waals surface area contributed by atoms with Gasteiger partial charge in [0.2, 0.25) is 11.8 Å². The second-order valence-corrected chi connectivity index (χ2v) is 11.8. The number of hydrogen-bond acceptors (Lipinski definition) is 4. The molecule has 0 spiro atoms. The Morgan fingerprint density at radius 2 is 1.55 bits per heavy atom. The van der Waals surface area contributed by atoms with Gasteiger partial charge in [0, 0.05) is 23.6 Å². The summed E-state index contributed by atoms with van der Waals surface area (Å²) in [5, 5.41) is 3.31. The van der Waals surface area contributed by atoms with E-state index < -0.39 is 34.4 Å². The van der Waals surface area contributed by atoms with Crippen LogP contribution in [-0.2, 0) is 26.2 Å². The Balaban J connectivity index is 2.05. The fourth-order valence-corrected chi connectivity index (χ4v) is 5.80. The van der Waals surface area contributed by atoms with Crippen LogP contribution in [0.1, 0.15) is 37.8 Å². The summed E-state index contributed by atoms with van der Waals surface area (Å²) in [5.74, 6) is -0.723. The van der Waals surface area contributed by atoms with Crippen molar-refractivity contribution in [3.63, 3.8) is 0 Å². The predicted octanol–water partition coefficient (Wildman–Crippen LogP) is 5.48. The Morgan fingerprint density at radius 3 is 2.11 bits per heavy atom. The van der Waals surface area contributed by atoms with Gasteiger partial charge in [0.05, 0.1) is 10.6 Å². The van der Waals surface area contributed by atoms with Crippen LogP contribution < -0.4 is 9.62 Å². The van der Waals surface area contributed by atoms with Gasteiger partial charge in [-0.25, -0.2) is 8.42 Å². The van der Waals surface area contributed by atoms with Gasteiger partial charge in [-0.1, -0.05) is 73.4 Å². The van der Waals surface area contributed by atoms with Crippen LogP contribution in [0, 0.1) is 0 Å². The van der Waals surface area contributed by atoms with Gasteiger partial charge in [0.1, 0.15) is 12.6 Å². The minimum Gasteiger partial charge on any atom is -0.357 e. The summed E-state index contributed by atoms with van der Waals surface area (Å²) in [5.41, 5.74) is 1.94. The van der Waals surface area contributed by atoms with Gasteiger partial charge in [-0.05, 0) is 60.4 Å². The van der Waals surface area contributed by atoms with E-state index in [-0.39, 0.29) is 17.4 Å². The maximum atomic E-state index is 13.8. The topological polar surface area (TPSA) is 86.8 Å². The molecule has 10 heteroatoms. The van der Waals surface area contributed by atoms with Gasteiger partial charge in [-0.3, -0.25) is 13.9 Å². The zero-order valence-electron chi connectivity index (χ0n) is 21.7. The van der Waals surface area contributed by atoms with Crippen molar-refractivity contribution in [3.8, 4) is 0 Å². The first-order valence-corrected chi connectivity index (χ1v) is 14.3. The largest absolute Gasteiger partial charge is 0.357 e. The summed E-state index contributed by atoms with van der Waals surface area (Å²) < 4.78 is 28.6. The zero-order chi connectivity index (χ0) is 28.0. The highest BCUT2D eigenvalue weighted by Crippen LogP contribution is 2.27. The number of nitrogens with one attached hydrogen (secondary N) is 1. The maximum Gasteiger partial charge on any atom is 0.264 e. The summed E-state index contributed by atoms with van der Waals surface area (Å²) in [6.45, 7) is 5.11. The molecular formula is C28H31Cl2N3O4S. The summed E-state index contributed by atoms with van der Waals surface area (Å²) in [6, 6.07) is 18.9. The van der Waals surface area contributed by atoms with Gasteiger partial charge in [0.25, 0.3) is 10.0 Å². The van der Waals surface area contributed by atoms with Crippen LogP contribution in [0.5, 0.6) is 0 Å². The van der Waals surface area contributed by atoms with E-state index in [0.29, 0.717) is 21.3 Å². The maximum absolute atomic E-state index is 13.8. The first-order valence-electron chi connectivity index (χ1n) is 12.1. The number of carbonyl (C=O) groups excluding carboxylic acids is 2. The number of anilines is 1. The highest BCUT2D eigenvalue weighted by atomic mass is 35.5. The average molecular weight is 577 g/mol. The van der Waals surface area contributed by atoms with Gasteiger partial charge >= 0.3 is 0 Å². The minimum absolute atomic E-state index is 0.0189. The predicted molar refractivity (Wildman–Crippen MR) is 152 cm³/mol. The minimum atomic E-state index is -4.11. The Labute approximate surface area is 234 Å². The molecule has 1 atom stereocenters. The average Bonchev–Trinajstić information content (AvgIpc) is 2.90. The van der Waals surface area contributed by atoms with Crippen molar-refractivity contribution >= 4 is 50.7 Å². The van der Waals surface area contributed by atoms with Crippen molar-refractivity contribution in [2.24, 2.45) is 0 Å². The quantitative estimate of drug-likeness (QED) is 0.347. The van der Waals surface area contributed by atoms with E-state index in [1.54, 1.807) is 55.5 Å². The molecule has 0 aromatic heterocycles. The molecule has 7 nitrogen and oxygen atoms in total. The SMILES string of the molecule is CNC(=O)[C@H](C)N(Cc1ccc(Cl)cc1Cl)C(=O)CN(c1ccc(C(C)C)cc1)S(=O)(=O)c1ccccc1. The normalized spacial score (nSPS) is 12.2. The third kappa shape index (κ3) is 6.87. The second-order valence-electron chi connectivity index (χ2n) is 9.12. The molecule has 202 valence electrons. The molecule has 0 fully saturated rings. The van der Waals surface area contributed by atoms with Crippen LogP contribution in [0.2, 0.25) is 10.0 Å². The van der Waals surface area contributed by atoms with E-state index >= 15 is 0 Å². The lowest BCUT2D eigenvalue weighted by atomic mass is 10.0. The number of amides is 2. The molecule has 2 amide bonds. The van der Waals surface area contributed by atoms with Gasteiger partial charge in [0.15, 0.2) is 0 Å². The molecule has 3 rings (SSSR count). The summed E-state index contributed by atoms with van der Waals surface area (Å²) in [4.78, 5) is 27.7. The van der Waals surface area contributed by atoms with E-state index in [1.807, 2.05) is 26.0 Å². The standard InChI is InChI=1S/C28H31Cl2N3O4S/c1-19(2)21-11-14-24(15-12-21)33(38(36,37)25-8-6-5-7-9-25)18-27(34)32(20(3)28(35)31-4)17-22-10-13-23(29)16-26(22)30/h5-16,19-20H,17-18H2,1-4H3,(H,31,35)/t20-/m0/s1. The number of carbonyl (C=O) groups is 2. The van der Waals surface area contributed by atoms with Gasteiger partial charge < -0.3 is 10.2 Å². The number of sulfonamides is 1. The Kier molecular flexibility index (Phi) is 9.82. The van der Waals surface area contributed by atoms with Crippen molar-refractivity contribution < 1.29 is 18.0 Å². The highest BCUT2D eigenvalue weighted by Gasteiger charge is 2.32. The Morgan fingerprint density at radius 1 is 0.921 bits per heavy atom. The first-order chi connectivity index (χ1) is 17.9. The van der Waals surface area contributed by atoms with Crippen LogP contribution in [0.15, 0.2) is 77.7 Å². The molecule has 0 saturated carbocycles. The zero-order valence-corrected chi connectivity index (χ0v) is 24.0. The van der Waals surface area contributed by atoms with Crippen molar-refractivity contribution in [2.75, 3.05) is 17.9 Å². The molecule has 0 unspecified atom stereocenters. The second kappa shape index (κ2) is 12.7. The third-order valence-electron chi connectivity index (χ3n) is 6.23. The lowest BCUT2D eigenvalue weighted by Crippen LogP contribution is -2.50. The van der Waals surface area contributed by atoms with Crippen LogP contribution in [-0.4, -0.2) is 44.8 Å². The summed E-state index contributed by atoms with van der Waals surface area (Å²) >= 11 is 12.4. The molecule has 0 bridgehead atoms. The fourth-order valence-electron chi connectivity index (χ4n) is 3.90. The molecule has 0 aliphatic rings. The van der Waals surface area contributed by atoms with E-state index in [9.17, 15) is 18.0 Å². The third-order valence-corrected chi connectivity index (χ3v) is 8.60. The monoisotopic (exact) mass is 575 g/mol. The Bertz CT molecular complexity index is 1380. The number of halogens is 2. The van der Waals surface area contributed by atoms with E-state index in [1.165, 1.54) is 24.1 Å². The molecular weight excluding hydrogens is 545 g/mol. The summed E-state index contributed by atoms with van der Waals surface area (Å²) in [6.07, 6.45) is 0. The van der Waals surface area contributed by atoms with Crippen molar-refractivity contribution in [3.05, 3.63) is 94.0 Å². The van der Waals surface area contributed by atoms with E-state index in [2.05, 4.69) is 5.32 Å². The van der Waals surface area contributed by atoms with Crippen LogP contribution in [0.25, 0.3) is 0 Å². The van der Waals surface area contributed by atoms with Gasteiger partial charge in [-0.2, -0.15) is 0 Å². The molecule has 38 heavy (non-hydrogen) atoms. The lowest BCUT2D eigenvalue weighted by Gasteiger charge is -2.32. The number of rotatable bonds is 10. The lowest BCUT2D eigenvalue weighted by molar-refractivity contribution is -0.139. The molecule has 0 radical (unpaired) electrons. The van der Waals surface area contributed by atoms with Crippen molar-refractivity contribution in [1.29, 1.82) is 0 Å². The van der Waals surface area contributed by atoms with Crippen LogP contribution in [0.3, 0.4) is 0 Å². The molecule has 3 aromatic carbocycles. The van der Waals surface area contributed by atoms with Crippen molar-refractivity contribution in [1.82, 2.24) is 10.2 Å². The molecule has 0 aliphatic heterocycles. The first kappa shape index (κ1) is 29.5. The van der Waals surface area contributed by atoms with E-state index in [4.69, 9.17) is 23.2 Å². The smallest absolute Gasteiger partial charge is 0.264 e. The molecule has 0 aliphatic carbocycles. The number of likely N-dealkylation sites (N-methyl/N-ethyl adjacent to an activating group) is 1. The molecule has 3 aromatic rings. The number of benzene rings is 3. The van der Waals surface area contributed by atoms with Crippen LogP contribution >= 0.6 is 23.2 Å². The molecule has 0 heterocycles. The van der Waals surface area contributed by atoms with Gasteiger partial charge in [-0.15, -0.1) is 0 Å². The number of hydrogen-bond donors (Lipinski definition) is 1. The number of nitrogens with zero attached hydrogens (tertiary/aromatic N) is 2. The highest BCUT2D eigenvalue weighted by molar-refractivity contribution is 7.92. The molecule has 1 N–H and O–H groups in total. The van der Waals surface area contributed by atoms with Crippen molar-refractivity contribution in [2.45, 2.75) is 44.2 Å². The molecule has 0 saturated heterocycles. The fraction of sp³-hybridized carbons (Fsp3) is 0.286. The van der Waals surface area contributed by atoms with Crippen LogP contribution in [0.4, 0.5) is 5.69 Å². The summed E-state index contributed by atoms with van der Waals surface area (Å²) in [7, 11) is -2.64.